The van der Waals surface area contributed by atoms with Crippen LogP contribution >= 0.6 is 23.4 Å². The lowest BCUT2D eigenvalue weighted by Gasteiger charge is -2.11. The molecule has 1 saturated heterocycles. The van der Waals surface area contributed by atoms with Gasteiger partial charge in [0.05, 0.1) is 5.69 Å². The zero-order valence-corrected chi connectivity index (χ0v) is 18.5. The van der Waals surface area contributed by atoms with Gasteiger partial charge in [-0.05, 0) is 48.2 Å². The second-order valence-electron chi connectivity index (χ2n) is 7.36. The van der Waals surface area contributed by atoms with Crippen molar-refractivity contribution in [2.75, 3.05) is 12.4 Å². The number of aliphatic imine (C=N–C) groups is 1. The first-order chi connectivity index (χ1) is 13.7. The predicted octanol–water partition coefficient (Wildman–Crippen LogP) is 5.36. The number of rotatable bonds is 5. The smallest absolute Gasteiger partial charge is 0.242 e. The van der Waals surface area contributed by atoms with Gasteiger partial charge in [-0.25, -0.2) is 4.99 Å². The van der Waals surface area contributed by atoms with E-state index in [4.69, 9.17) is 11.6 Å². The molecule has 3 rings (SSSR count). The maximum atomic E-state index is 12.6. The van der Waals surface area contributed by atoms with Crippen molar-refractivity contribution >= 4 is 51.7 Å². The van der Waals surface area contributed by atoms with E-state index in [0.717, 1.165) is 11.3 Å². The van der Waals surface area contributed by atoms with E-state index in [9.17, 15) is 9.59 Å². The maximum Gasteiger partial charge on any atom is 0.242 e. The van der Waals surface area contributed by atoms with Crippen molar-refractivity contribution in [3.05, 3.63) is 58.6 Å². The molecule has 1 aliphatic rings. The van der Waals surface area contributed by atoms with E-state index in [0.29, 0.717) is 21.8 Å². The minimum Gasteiger partial charge on any atom is -0.326 e. The van der Waals surface area contributed by atoms with Crippen molar-refractivity contribution < 1.29 is 9.59 Å². The van der Waals surface area contributed by atoms with Gasteiger partial charge in [0, 0.05) is 24.2 Å². The van der Waals surface area contributed by atoms with Crippen LogP contribution in [0.3, 0.4) is 0 Å². The maximum absolute atomic E-state index is 12.6. The van der Waals surface area contributed by atoms with Gasteiger partial charge >= 0.3 is 0 Å². The van der Waals surface area contributed by atoms with E-state index in [1.165, 1.54) is 22.2 Å². The second-order valence-corrected chi connectivity index (χ2v) is 8.96. The van der Waals surface area contributed by atoms with Crippen LogP contribution in [0.5, 0.6) is 0 Å². The first kappa shape index (κ1) is 21.4. The van der Waals surface area contributed by atoms with E-state index in [1.807, 2.05) is 37.3 Å². The van der Waals surface area contributed by atoms with Crippen LogP contribution in [-0.4, -0.2) is 34.2 Å². The molecule has 0 radical (unpaired) electrons. The number of hydrogen-bond donors (Lipinski definition) is 1. The minimum atomic E-state index is -0.492. The van der Waals surface area contributed by atoms with Gasteiger partial charge in [0.2, 0.25) is 11.8 Å². The highest BCUT2D eigenvalue weighted by Crippen LogP contribution is 2.31. The fraction of sp³-hybridized carbons (Fsp3) is 0.318. The Bertz CT molecular complexity index is 957. The molecule has 2 aromatic rings. The number of benzene rings is 2. The van der Waals surface area contributed by atoms with E-state index < -0.39 is 5.25 Å². The van der Waals surface area contributed by atoms with Crippen molar-refractivity contribution in [2.45, 2.75) is 38.4 Å². The first-order valence-electron chi connectivity index (χ1n) is 9.43. The molecule has 1 atom stereocenters. The summed E-state index contributed by atoms with van der Waals surface area (Å²) in [4.78, 5) is 31.2. The quantitative estimate of drug-likeness (QED) is 0.695. The molecule has 2 aromatic carbocycles. The zero-order chi connectivity index (χ0) is 21.1. The van der Waals surface area contributed by atoms with Crippen LogP contribution in [0.15, 0.2) is 47.5 Å². The molecule has 152 valence electrons. The largest absolute Gasteiger partial charge is 0.326 e. The molecule has 7 heteroatoms. The number of nitrogens with zero attached hydrogens (tertiary/aromatic N) is 2. The van der Waals surface area contributed by atoms with Gasteiger partial charge in [-0.1, -0.05) is 55.4 Å². The van der Waals surface area contributed by atoms with Crippen molar-refractivity contribution in [2.24, 2.45) is 4.99 Å². The molecule has 1 aliphatic heterocycles. The summed E-state index contributed by atoms with van der Waals surface area (Å²) in [5, 5.41) is 3.51. The molecular formula is C22H24ClN3O2S. The van der Waals surface area contributed by atoms with Crippen LogP contribution in [0.4, 0.5) is 11.4 Å². The number of halogens is 1. The molecule has 1 heterocycles. The van der Waals surface area contributed by atoms with Crippen molar-refractivity contribution in [1.82, 2.24) is 4.90 Å². The Kier molecular flexibility index (Phi) is 6.65. The summed E-state index contributed by atoms with van der Waals surface area (Å²) in [6, 6.07) is 13.3. The van der Waals surface area contributed by atoms with Gasteiger partial charge in [-0.2, -0.15) is 0 Å². The van der Waals surface area contributed by atoms with Crippen LogP contribution in [0, 0.1) is 6.92 Å². The number of thioether (sulfide) groups is 1. The molecule has 2 amide bonds. The monoisotopic (exact) mass is 429 g/mol. The average molecular weight is 430 g/mol. The SMILES string of the molecule is Cc1ccc(Cl)cc1NC(=O)CC1SC(=Nc2ccc(C(C)C)cc2)N(C)C1=O. The number of nitrogens with one attached hydrogen (secondary N) is 1. The fourth-order valence-electron chi connectivity index (χ4n) is 2.94. The Balaban J connectivity index is 1.68. The summed E-state index contributed by atoms with van der Waals surface area (Å²) >= 11 is 7.32. The van der Waals surface area contributed by atoms with Crippen molar-refractivity contribution in [3.8, 4) is 0 Å². The van der Waals surface area contributed by atoms with Crippen molar-refractivity contribution in [3.63, 3.8) is 0 Å². The van der Waals surface area contributed by atoms with Crippen LogP contribution in [0.2, 0.25) is 5.02 Å². The van der Waals surface area contributed by atoms with Gasteiger partial charge < -0.3 is 5.32 Å². The Morgan fingerprint density at radius 2 is 1.93 bits per heavy atom. The molecule has 1 unspecified atom stereocenters. The van der Waals surface area contributed by atoms with E-state index in [-0.39, 0.29) is 18.2 Å². The third-order valence-corrected chi connectivity index (χ3v) is 6.23. The molecule has 5 nitrogen and oxygen atoms in total. The summed E-state index contributed by atoms with van der Waals surface area (Å²) in [5.41, 5.74) is 3.60. The molecule has 0 bridgehead atoms. The number of carbonyl (C=O) groups excluding carboxylic acids is 2. The summed E-state index contributed by atoms with van der Waals surface area (Å²) < 4.78 is 0. The Morgan fingerprint density at radius 3 is 2.59 bits per heavy atom. The highest BCUT2D eigenvalue weighted by atomic mass is 35.5. The molecule has 1 N–H and O–H groups in total. The highest BCUT2D eigenvalue weighted by molar-refractivity contribution is 8.15. The van der Waals surface area contributed by atoms with Crippen LogP contribution in [-0.2, 0) is 9.59 Å². The van der Waals surface area contributed by atoms with E-state index in [2.05, 4.69) is 24.2 Å². The van der Waals surface area contributed by atoms with E-state index in [1.54, 1.807) is 19.2 Å². The van der Waals surface area contributed by atoms with Gasteiger partial charge in [0.1, 0.15) is 5.25 Å². The van der Waals surface area contributed by atoms with E-state index >= 15 is 0 Å². The van der Waals surface area contributed by atoms with Crippen LogP contribution < -0.4 is 5.32 Å². The predicted molar refractivity (Wildman–Crippen MR) is 121 cm³/mol. The normalized spacial score (nSPS) is 18.0. The number of hydrogen-bond acceptors (Lipinski definition) is 4. The Morgan fingerprint density at radius 1 is 1.24 bits per heavy atom. The molecule has 0 spiro atoms. The third kappa shape index (κ3) is 5.19. The molecule has 29 heavy (non-hydrogen) atoms. The summed E-state index contributed by atoms with van der Waals surface area (Å²) in [5.74, 6) is 0.107. The number of amidine groups is 1. The minimum absolute atomic E-state index is 0.0745. The molecule has 0 saturated carbocycles. The molecule has 0 aliphatic carbocycles. The lowest BCUT2D eigenvalue weighted by Crippen LogP contribution is -2.30. The van der Waals surface area contributed by atoms with Crippen LogP contribution in [0.25, 0.3) is 0 Å². The fourth-order valence-corrected chi connectivity index (χ4v) is 4.27. The van der Waals surface area contributed by atoms with Gasteiger partial charge in [-0.3, -0.25) is 14.5 Å². The lowest BCUT2D eigenvalue weighted by molar-refractivity contribution is -0.127. The summed E-state index contributed by atoms with van der Waals surface area (Å²) in [6.07, 6.45) is 0.0745. The summed E-state index contributed by atoms with van der Waals surface area (Å²) in [7, 11) is 1.69. The topological polar surface area (TPSA) is 61.8 Å². The number of anilines is 1. The number of amides is 2. The third-order valence-electron chi connectivity index (χ3n) is 4.77. The first-order valence-corrected chi connectivity index (χ1v) is 10.7. The van der Waals surface area contributed by atoms with Gasteiger partial charge in [-0.15, -0.1) is 0 Å². The second kappa shape index (κ2) is 9.01. The standard InChI is InChI=1S/C22H24ClN3O2S/c1-13(2)15-6-9-17(10-7-15)24-22-26(4)21(28)19(29-22)12-20(27)25-18-11-16(23)8-5-14(18)3/h5-11,13,19H,12H2,1-4H3,(H,25,27). The Hall–Kier alpha value is -2.31. The molecule has 1 fully saturated rings. The lowest BCUT2D eigenvalue weighted by atomic mass is 10.0. The van der Waals surface area contributed by atoms with Gasteiger partial charge in [0.25, 0.3) is 0 Å². The number of aryl methyl sites for hydroxylation is 1. The van der Waals surface area contributed by atoms with Crippen molar-refractivity contribution in [1.29, 1.82) is 0 Å². The highest BCUT2D eigenvalue weighted by Gasteiger charge is 2.37. The summed E-state index contributed by atoms with van der Waals surface area (Å²) in [6.45, 7) is 6.17. The molecule has 0 aromatic heterocycles. The average Bonchev–Trinajstić information content (AvgIpc) is 2.93. The molecular weight excluding hydrogens is 406 g/mol. The zero-order valence-electron chi connectivity index (χ0n) is 16.9. The Labute approximate surface area is 180 Å². The van der Waals surface area contributed by atoms with Crippen LogP contribution in [0.1, 0.15) is 37.3 Å². The van der Waals surface area contributed by atoms with Gasteiger partial charge in [0.15, 0.2) is 5.17 Å². The number of carbonyl (C=O) groups is 2.